The van der Waals surface area contributed by atoms with Crippen molar-refractivity contribution in [2.24, 2.45) is 0 Å². The molecule has 0 radical (unpaired) electrons. The van der Waals surface area contributed by atoms with Crippen LogP contribution in [0.2, 0.25) is 0 Å². The highest BCUT2D eigenvalue weighted by molar-refractivity contribution is 5.49. The molecular formula is C17H18N2O5. The van der Waals surface area contributed by atoms with Crippen LogP contribution >= 0.6 is 0 Å². The number of hydrogen-bond donors (Lipinski definition) is 0. The Kier molecular flexibility index (Phi) is 4.24. The summed E-state index contributed by atoms with van der Waals surface area (Å²) in [5, 5.41) is 10.9. The zero-order valence-corrected chi connectivity index (χ0v) is 13.5. The van der Waals surface area contributed by atoms with Gasteiger partial charge in [-0.15, -0.1) is 0 Å². The number of nitro groups is 1. The smallest absolute Gasteiger partial charge is 0.332 e. The Morgan fingerprint density at radius 3 is 2.96 bits per heavy atom. The minimum Gasteiger partial charge on any atom is -0.494 e. The highest BCUT2D eigenvalue weighted by Crippen LogP contribution is 2.35. The van der Waals surface area contributed by atoms with Crippen molar-refractivity contribution < 1.29 is 14.4 Å². The van der Waals surface area contributed by atoms with E-state index < -0.39 is 16.0 Å². The number of ether oxygens (including phenoxy) is 2. The van der Waals surface area contributed by atoms with Gasteiger partial charge in [-0.05, 0) is 26.0 Å². The number of rotatable bonds is 5. The van der Waals surface area contributed by atoms with Crippen LogP contribution in [0.5, 0.6) is 11.5 Å². The van der Waals surface area contributed by atoms with E-state index in [1.807, 2.05) is 26.0 Å². The first-order valence-electron chi connectivity index (χ1n) is 7.77. The molecule has 1 aromatic heterocycles. The number of nitrogens with zero attached hydrogens (tertiary/aromatic N) is 2. The Labute approximate surface area is 138 Å². The van der Waals surface area contributed by atoms with Gasteiger partial charge in [0.05, 0.1) is 24.3 Å². The number of fused-ring (bicyclic) bond motifs is 1. The van der Waals surface area contributed by atoms with Crippen LogP contribution in [-0.4, -0.2) is 22.2 Å². The van der Waals surface area contributed by atoms with Crippen LogP contribution in [0.15, 0.2) is 35.4 Å². The molecule has 126 valence electrons. The molecule has 1 aliphatic heterocycles. The molecule has 1 aromatic carbocycles. The molecule has 2 aromatic rings. The van der Waals surface area contributed by atoms with E-state index >= 15 is 0 Å². The monoisotopic (exact) mass is 330 g/mol. The van der Waals surface area contributed by atoms with Crippen LogP contribution in [0, 0.1) is 10.1 Å². The Morgan fingerprint density at radius 1 is 1.46 bits per heavy atom. The van der Waals surface area contributed by atoms with Crippen LogP contribution < -0.4 is 14.9 Å². The second-order valence-corrected chi connectivity index (χ2v) is 5.76. The van der Waals surface area contributed by atoms with Crippen molar-refractivity contribution in [1.82, 2.24) is 4.57 Å². The molecule has 0 fully saturated rings. The topological polar surface area (TPSA) is 83.6 Å². The Hall–Kier alpha value is -2.83. The minimum absolute atomic E-state index is 0.123. The zero-order chi connectivity index (χ0) is 17.3. The largest absolute Gasteiger partial charge is 0.494 e. The average molecular weight is 330 g/mol. The molecule has 0 amide bonds. The molecule has 0 N–H and O–H groups in total. The molecular weight excluding hydrogens is 312 g/mol. The summed E-state index contributed by atoms with van der Waals surface area (Å²) in [7, 11) is 0. The van der Waals surface area contributed by atoms with Gasteiger partial charge in [-0.1, -0.05) is 0 Å². The maximum absolute atomic E-state index is 11.5. The van der Waals surface area contributed by atoms with Crippen molar-refractivity contribution in [2.75, 3.05) is 6.61 Å². The first-order chi connectivity index (χ1) is 11.5. The van der Waals surface area contributed by atoms with Crippen molar-refractivity contribution in [3.8, 4) is 11.5 Å². The van der Waals surface area contributed by atoms with E-state index in [2.05, 4.69) is 0 Å². The fourth-order valence-corrected chi connectivity index (χ4v) is 2.84. The number of hydrogen-bond acceptors (Lipinski definition) is 5. The molecule has 3 rings (SSSR count). The van der Waals surface area contributed by atoms with E-state index in [-0.39, 0.29) is 6.10 Å². The lowest BCUT2D eigenvalue weighted by atomic mass is 10.1. The Balaban J connectivity index is 1.98. The molecule has 0 bridgehead atoms. The number of pyridine rings is 1. The highest BCUT2D eigenvalue weighted by Gasteiger charge is 2.22. The Morgan fingerprint density at radius 2 is 2.25 bits per heavy atom. The van der Waals surface area contributed by atoms with Crippen molar-refractivity contribution in [3.05, 3.63) is 62.1 Å². The van der Waals surface area contributed by atoms with Gasteiger partial charge in [-0.3, -0.25) is 14.9 Å². The molecule has 1 atom stereocenters. The first kappa shape index (κ1) is 16.0. The molecule has 0 saturated heterocycles. The third-order valence-corrected chi connectivity index (χ3v) is 3.89. The van der Waals surface area contributed by atoms with Crippen molar-refractivity contribution in [3.63, 3.8) is 0 Å². The van der Waals surface area contributed by atoms with E-state index in [9.17, 15) is 14.9 Å². The predicted molar refractivity (Wildman–Crippen MR) is 87.9 cm³/mol. The molecule has 1 aliphatic rings. The minimum atomic E-state index is -0.671. The molecule has 0 aliphatic carbocycles. The predicted octanol–water partition coefficient (Wildman–Crippen LogP) is 2.53. The third kappa shape index (κ3) is 3.10. The van der Waals surface area contributed by atoms with Crippen LogP contribution in [0.25, 0.3) is 0 Å². The lowest BCUT2D eigenvalue weighted by Crippen LogP contribution is -2.12. The molecule has 24 heavy (non-hydrogen) atoms. The summed E-state index contributed by atoms with van der Waals surface area (Å²) in [5.41, 5.74) is 0.900. The van der Waals surface area contributed by atoms with Gasteiger partial charge in [0.1, 0.15) is 17.6 Å². The van der Waals surface area contributed by atoms with E-state index in [4.69, 9.17) is 9.47 Å². The van der Waals surface area contributed by atoms with E-state index in [0.717, 1.165) is 29.0 Å². The van der Waals surface area contributed by atoms with Gasteiger partial charge in [-0.2, -0.15) is 0 Å². The second kappa shape index (κ2) is 6.35. The van der Waals surface area contributed by atoms with Crippen LogP contribution in [-0.2, 0) is 13.0 Å². The van der Waals surface area contributed by atoms with Gasteiger partial charge in [0.15, 0.2) is 0 Å². The number of aromatic nitrogens is 1. The van der Waals surface area contributed by atoms with Gasteiger partial charge in [0, 0.05) is 29.8 Å². The number of benzene rings is 1. The molecule has 7 nitrogen and oxygen atoms in total. The van der Waals surface area contributed by atoms with Gasteiger partial charge in [0.2, 0.25) is 0 Å². The Bertz CT molecular complexity index is 843. The lowest BCUT2D eigenvalue weighted by Gasteiger charge is -2.14. The van der Waals surface area contributed by atoms with Gasteiger partial charge < -0.3 is 14.0 Å². The zero-order valence-electron chi connectivity index (χ0n) is 13.5. The van der Waals surface area contributed by atoms with Crippen molar-refractivity contribution in [1.29, 1.82) is 0 Å². The van der Waals surface area contributed by atoms with Gasteiger partial charge >= 0.3 is 5.69 Å². The van der Waals surface area contributed by atoms with Crippen molar-refractivity contribution in [2.45, 2.75) is 32.9 Å². The SMILES string of the molecule is CCOc1cc2c(cc1Cn1ccc(=O)c([N+](=O)[O-])c1)O[C@H](C)C2. The van der Waals surface area contributed by atoms with Gasteiger partial charge in [0.25, 0.3) is 5.43 Å². The average Bonchev–Trinajstić information content (AvgIpc) is 2.88. The quantitative estimate of drug-likeness (QED) is 0.621. The summed E-state index contributed by atoms with van der Waals surface area (Å²) < 4.78 is 13.1. The van der Waals surface area contributed by atoms with Crippen LogP contribution in [0.3, 0.4) is 0 Å². The normalized spacial score (nSPS) is 15.7. The second-order valence-electron chi connectivity index (χ2n) is 5.76. The summed E-state index contributed by atoms with van der Waals surface area (Å²) in [6.07, 6.45) is 3.73. The van der Waals surface area contributed by atoms with Crippen LogP contribution in [0.1, 0.15) is 25.0 Å². The summed E-state index contributed by atoms with van der Waals surface area (Å²) in [4.78, 5) is 21.8. The third-order valence-electron chi connectivity index (χ3n) is 3.89. The molecule has 0 saturated carbocycles. The molecule has 0 spiro atoms. The lowest BCUT2D eigenvalue weighted by molar-refractivity contribution is -0.386. The van der Waals surface area contributed by atoms with Gasteiger partial charge in [-0.25, -0.2) is 0 Å². The van der Waals surface area contributed by atoms with Crippen molar-refractivity contribution >= 4 is 5.69 Å². The summed E-state index contributed by atoms with van der Waals surface area (Å²) in [6.45, 7) is 4.78. The fraction of sp³-hybridized carbons (Fsp3) is 0.353. The summed E-state index contributed by atoms with van der Waals surface area (Å²) in [5.74, 6) is 1.55. The molecule has 0 unspecified atom stereocenters. The standard InChI is InChI=1S/C17H18N2O5/c1-3-23-16-7-12-6-11(2)24-17(12)8-13(16)9-18-5-4-15(20)14(10-18)19(21)22/h4-5,7-8,10-11H,3,6,9H2,1-2H3/t11-/m1/s1. The van der Waals surface area contributed by atoms with E-state index in [1.165, 1.54) is 18.5 Å². The highest BCUT2D eigenvalue weighted by atomic mass is 16.6. The molecule has 7 heteroatoms. The molecule has 2 heterocycles. The first-order valence-corrected chi connectivity index (χ1v) is 7.77. The summed E-state index contributed by atoms with van der Waals surface area (Å²) in [6, 6.07) is 5.08. The maximum Gasteiger partial charge on any atom is 0.332 e. The fourth-order valence-electron chi connectivity index (χ4n) is 2.84. The van der Waals surface area contributed by atoms with Crippen LogP contribution in [0.4, 0.5) is 5.69 Å². The summed E-state index contributed by atoms with van der Waals surface area (Å²) >= 11 is 0. The van der Waals surface area contributed by atoms with E-state index in [0.29, 0.717) is 13.2 Å². The van der Waals surface area contributed by atoms with E-state index in [1.54, 1.807) is 4.57 Å². The maximum atomic E-state index is 11.5.